The van der Waals surface area contributed by atoms with Crippen molar-refractivity contribution in [3.63, 3.8) is 0 Å². The van der Waals surface area contributed by atoms with Gasteiger partial charge in [0.25, 0.3) is 0 Å². The van der Waals surface area contributed by atoms with Gasteiger partial charge in [0.15, 0.2) is 0 Å². The molecule has 0 aromatic heterocycles. The fraction of sp³-hybridized carbons (Fsp3) is 0.154. The number of aliphatic carboxylic acids is 1. The molecule has 0 aliphatic rings. The smallest absolute Gasteiger partial charge is 0.307 e. The van der Waals surface area contributed by atoms with E-state index < -0.39 is 5.97 Å². The van der Waals surface area contributed by atoms with Crippen LogP contribution in [0.4, 0.5) is 0 Å². The zero-order valence-electron chi connectivity index (χ0n) is 8.84. The molecule has 0 aliphatic heterocycles. The normalized spacial score (nSPS) is 13.1. The van der Waals surface area contributed by atoms with Crippen molar-refractivity contribution in [1.82, 2.24) is 0 Å². The van der Waals surface area contributed by atoms with Crippen LogP contribution in [0.1, 0.15) is 13.3 Å². The SMILES string of the molecule is CC=CC=CC=CC=CC=CCC(=O)O. The van der Waals surface area contributed by atoms with Crippen LogP contribution < -0.4 is 0 Å². The van der Waals surface area contributed by atoms with Crippen molar-refractivity contribution in [3.8, 4) is 0 Å². The average molecular weight is 204 g/mol. The summed E-state index contributed by atoms with van der Waals surface area (Å²) < 4.78 is 0. The molecule has 0 saturated heterocycles. The highest BCUT2D eigenvalue weighted by molar-refractivity contribution is 5.68. The zero-order valence-corrected chi connectivity index (χ0v) is 8.84. The Labute approximate surface area is 90.6 Å². The molecule has 1 N–H and O–H groups in total. The third kappa shape index (κ3) is 12.2. The van der Waals surface area contributed by atoms with Gasteiger partial charge in [0.1, 0.15) is 0 Å². The van der Waals surface area contributed by atoms with Crippen LogP contribution in [0, 0.1) is 0 Å². The summed E-state index contributed by atoms with van der Waals surface area (Å²) in [5.74, 6) is -0.815. The van der Waals surface area contributed by atoms with Crippen LogP contribution >= 0.6 is 0 Å². The highest BCUT2D eigenvalue weighted by atomic mass is 16.4. The molecule has 0 bridgehead atoms. The Balaban J connectivity index is 3.70. The lowest BCUT2D eigenvalue weighted by molar-refractivity contribution is -0.135. The second-order valence-corrected chi connectivity index (χ2v) is 2.71. The predicted octanol–water partition coefficient (Wildman–Crippen LogP) is 3.26. The van der Waals surface area contributed by atoms with Crippen LogP contribution in [0.15, 0.2) is 60.8 Å². The highest BCUT2D eigenvalue weighted by Crippen LogP contribution is 1.86. The first kappa shape index (κ1) is 13.2. The number of rotatable bonds is 6. The van der Waals surface area contributed by atoms with Gasteiger partial charge in [-0.1, -0.05) is 60.8 Å². The summed E-state index contributed by atoms with van der Waals surface area (Å²) in [7, 11) is 0. The standard InChI is InChI=1S/C13H16O2/c1-2-3-4-5-6-7-8-9-10-11-12-13(14)15/h2-11H,12H2,1H3,(H,14,15). The molecule has 0 heterocycles. The van der Waals surface area contributed by atoms with Crippen LogP contribution in [0.25, 0.3) is 0 Å². The number of hydrogen-bond acceptors (Lipinski definition) is 1. The van der Waals surface area contributed by atoms with Gasteiger partial charge in [-0.2, -0.15) is 0 Å². The van der Waals surface area contributed by atoms with E-state index >= 15 is 0 Å². The molecule has 2 heteroatoms. The average Bonchev–Trinajstić information content (AvgIpc) is 2.20. The van der Waals surface area contributed by atoms with Crippen molar-refractivity contribution >= 4 is 5.97 Å². The van der Waals surface area contributed by atoms with Gasteiger partial charge >= 0.3 is 5.97 Å². The van der Waals surface area contributed by atoms with Gasteiger partial charge in [0.05, 0.1) is 6.42 Å². The molecule has 0 aromatic carbocycles. The van der Waals surface area contributed by atoms with Crippen LogP contribution in [0.2, 0.25) is 0 Å². The number of carboxylic acids is 1. The monoisotopic (exact) mass is 204 g/mol. The minimum atomic E-state index is -0.815. The lowest BCUT2D eigenvalue weighted by Crippen LogP contribution is -1.89. The van der Waals surface area contributed by atoms with Gasteiger partial charge in [-0.05, 0) is 6.92 Å². The number of hydrogen-bond donors (Lipinski definition) is 1. The summed E-state index contributed by atoms with van der Waals surface area (Å²) >= 11 is 0. The molecule has 0 unspecified atom stereocenters. The van der Waals surface area contributed by atoms with Crippen molar-refractivity contribution in [2.75, 3.05) is 0 Å². The van der Waals surface area contributed by atoms with Gasteiger partial charge < -0.3 is 5.11 Å². The second-order valence-electron chi connectivity index (χ2n) is 2.71. The Morgan fingerprint density at radius 2 is 1.40 bits per heavy atom. The van der Waals surface area contributed by atoms with E-state index in [1.165, 1.54) is 0 Å². The Bertz CT molecular complexity index is 304. The van der Waals surface area contributed by atoms with Crippen molar-refractivity contribution in [1.29, 1.82) is 0 Å². The minimum absolute atomic E-state index is 0.0647. The maximum atomic E-state index is 10.1. The van der Waals surface area contributed by atoms with Gasteiger partial charge in [0, 0.05) is 0 Å². The van der Waals surface area contributed by atoms with Crippen LogP contribution in [-0.4, -0.2) is 11.1 Å². The van der Waals surface area contributed by atoms with Gasteiger partial charge in [-0.3, -0.25) is 4.79 Å². The van der Waals surface area contributed by atoms with Crippen LogP contribution in [0.3, 0.4) is 0 Å². The van der Waals surface area contributed by atoms with E-state index in [9.17, 15) is 4.79 Å². The molecule has 0 rings (SSSR count). The number of allylic oxidation sites excluding steroid dienone is 9. The molecule has 0 radical (unpaired) electrons. The van der Waals surface area contributed by atoms with Crippen molar-refractivity contribution in [2.45, 2.75) is 13.3 Å². The lowest BCUT2D eigenvalue weighted by atomic mass is 10.3. The maximum Gasteiger partial charge on any atom is 0.307 e. The van der Waals surface area contributed by atoms with E-state index in [-0.39, 0.29) is 6.42 Å². The predicted molar refractivity (Wildman–Crippen MR) is 63.6 cm³/mol. The fourth-order valence-corrected chi connectivity index (χ4v) is 0.743. The van der Waals surface area contributed by atoms with E-state index in [0.717, 1.165) is 0 Å². The molecule has 2 nitrogen and oxygen atoms in total. The molecular formula is C13H16O2. The van der Waals surface area contributed by atoms with E-state index in [1.807, 2.05) is 49.5 Å². The Hall–Kier alpha value is -1.83. The van der Waals surface area contributed by atoms with Crippen molar-refractivity contribution < 1.29 is 9.90 Å². The van der Waals surface area contributed by atoms with Gasteiger partial charge in [0.2, 0.25) is 0 Å². The Morgan fingerprint density at radius 1 is 0.933 bits per heavy atom. The maximum absolute atomic E-state index is 10.1. The molecule has 0 fully saturated rings. The molecule has 0 saturated carbocycles. The van der Waals surface area contributed by atoms with E-state index in [1.54, 1.807) is 18.2 Å². The van der Waals surface area contributed by atoms with Crippen molar-refractivity contribution in [2.24, 2.45) is 0 Å². The summed E-state index contributed by atoms with van der Waals surface area (Å²) in [6.07, 6.45) is 18.6. The molecule has 0 atom stereocenters. The summed E-state index contributed by atoms with van der Waals surface area (Å²) in [4.78, 5) is 10.1. The van der Waals surface area contributed by atoms with Gasteiger partial charge in [-0.15, -0.1) is 0 Å². The molecule has 0 aliphatic carbocycles. The lowest BCUT2D eigenvalue weighted by Gasteiger charge is -1.79. The first-order valence-corrected chi connectivity index (χ1v) is 4.77. The van der Waals surface area contributed by atoms with Crippen molar-refractivity contribution in [3.05, 3.63) is 60.8 Å². The van der Waals surface area contributed by atoms with Crippen LogP contribution in [-0.2, 0) is 4.79 Å². The van der Waals surface area contributed by atoms with E-state index in [4.69, 9.17) is 5.11 Å². The first-order chi connectivity index (χ1) is 7.27. The molecule has 0 aromatic rings. The van der Waals surface area contributed by atoms with Crippen LogP contribution in [0.5, 0.6) is 0 Å². The summed E-state index contributed by atoms with van der Waals surface area (Å²) in [6.45, 7) is 1.96. The first-order valence-electron chi connectivity index (χ1n) is 4.77. The van der Waals surface area contributed by atoms with E-state index in [2.05, 4.69) is 0 Å². The quantitative estimate of drug-likeness (QED) is 0.674. The molecule has 15 heavy (non-hydrogen) atoms. The third-order valence-electron chi connectivity index (χ3n) is 1.40. The molecule has 0 amide bonds. The summed E-state index contributed by atoms with van der Waals surface area (Å²) in [5, 5.41) is 8.33. The Kier molecular flexibility index (Phi) is 9.00. The Morgan fingerprint density at radius 3 is 1.87 bits per heavy atom. The molecule has 0 spiro atoms. The fourth-order valence-electron chi connectivity index (χ4n) is 0.743. The zero-order chi connectivity index (χ0) is 11.4. The summed E-state index contributed by atoms with van der Waals surface area (Å²) in [6, 6.07) is 0. The topological polar surface area (TPSA) is 37.3 Å². The largest absolute Gasteiger partial charge is 0.481 e. The van der Waals surface area contributed by atoms with Gasteiger partial charge in [-0.25, -0.2) is 0 Å². The third-order valence-corrected chi connectivity index (χ3v) is 1.40. The van der Waals surface area contributed by atoms with E-state index in [0.29, 0.717) is 0 Å². The number of carbonyl (C=O) groups is 1. The molecule has 80 valence electrons. The summed E-state index contributed by atoms with van der Waals surface area (Å²) in [5.41, 5.74) is 0. The molecular weight excluding hydrogens is 188 g/mol. The number of carboxylic acid groups (broad SMARTS) is 1. The second kappa shape index (κ2) is 10.3. The minimum Gasteiger partial charge on any atom is -0.481 e. The highest BCUT2D eigenvalue weighted by Gasteiger charge is 1.86.